The maximum atomic E-state index is 12.2. The first kappa shape index (κ1) is 25.9. The predicted molar refractivity (Wildman–Crippen MR) is 132 cm³/mol. The van der Waals surface area contributed by atoms with Gasteiger partial charge in [0.1, 0.15) is 6.10 Å². The zero-order chi connectivity index (χ0) is 21.3. The summed E-state index contributed by atoms with van der Waals surface area (Å²) in [5.74, 6) is 0.828. The molecule has 1 spiro atoms. The zero-order valence-electron chi connectivity index (χ0n) is 18.8. The van der Waals surface area contributed by atoms with Gasteiger partial charge in [-0.2, -0.15) is 0 Å². The van der Waals surface area contributed by atoms with Crippen LogP contribution >= 0.6 is 37.4 Å². The van der Waals surface area contributed by atoms with Crippen LogP contribution in [0.25, 0.3) is 0 Å². The summed E-state index contributed by atoms with van der Waals surface area (Å²) in [6, 6.07) is 3.80. The number of likely N-dealkylation sites (tertiary alicyclic amines) is 1. The van der Waals surface area contributed by atoms with Crippen LogP contribution in [0.15, 0.2) is 12.1 Å². The van der Waals surface area contributed by atoms with Crippen LogP contribution in [0.2, 0.25) is 0 Å². The van der Waals surface area contributed by atoms with E-state index >= 15 is 0 Å². The highest BCUT2D eigenvalue weighted by Crippen LogP contribution is 2.66. The summed E-state index contributed by atoms with van der Waals surface area (Å²) in [5.41, 5.74) is 1.72. The third-order valence-electron chi connectivity index (χ3n) is 8.34. The van der Waals surface area contributed by atoms with E-state index < -0.39 is 0 Å². The second-order valence-corrected chi connectivity index (χ2v) is 9.93. The zero-order valence-corrected chi connectivity index (χ0v) is 21.3. The monoisotopic (exact) mass is 504 g/mol. The molecule has 4 aliphatic rings. The summed E-state index contributed by atoms with van der Waals surface area (Å²) in [4.78, 5) is 14.6. The van der Waals surface area contributed by atoms with Gasteiger partial charge in [0.15, 0.2) is 11.5 Å². The van der Waals surface area contributed by atoms with Crippen LogP contribution in [-0.4, -0.2) is 65.7 Å². The Kier molecular flexibility index (Phi) is 7.42. The quantitative estimate of drug-likeness (QED) is 0.516. The van der Waals surface area contributed by atoms with Gasteiger partial charge < -0.3 is 24.8 Å². The van der Waals surface area contributed by atoms with Crippen LogP contribution in [0.4, 0.5) is 0 Å². The molecule has 0 amide bonds. The number of likely N-dealkylation sites (N-methyl/N-ethyl adjacent to an activating group) is 1. The first-order valence-electron chi connectivity index (χ1n) is 11.2. The lowest BCUT2D eigenvalue weighted by Crippen LogP contribution is -2.78. The van der Waals surface area contributed by atoms with E-state index in [1.54, 1.807) is 6.07 Å². The number of phenolic OH excluding ortho intramolecular Hbond substituents is 1. The maximum absolute atomic E-state index is 12.2. The number of benzene rings is 1. The molecule has 32 heavy (non-hydrogen) atoms. The SMILES string of the molecule is CCC[C@H](N[C@H]1CC[C@@]2(OC)[C@H]3Cc4ccc(O)c5c4[C@@]2(CCN3C)[C@H]1O5)C(=O)S.Cl.Cl. The number of hydrogen-bond acceptors (Lipinski definition) is 6. The number of ether oxygens (including phenoxy) is 2. The first-order valence-corrected chi connectivity index (χ1v) is 11.6. The number of halogens is 2. The summed E-state index contributed by atoms with van der Waals surface area (Å²) >= 11 is 4.14. The highest BCUT2D eigenvalue weighted by atomic mass is 35.5. The molecule has 0 aromatic heterocycles. The summed E-state index contributed by atoms with van der Waals surface area (Å²) in [7, 11) is 4.03. The largest absolute Gasteiger partial charge is 0.504 e. The summed E-state index contributed by atoms with van der Waals surface area (Å²) in [6.45, 7) is 3.04. The van der Waals surface area contributed by atoms with E-state index in [2.05, 4.69) is 42.9 Å². The molecule has 1 aromatic carbocycles. The minimum absolute atomic E-state index is 0. The number of nitrogens with zero attached hydrogens (tertiary/aromatic N) is 1. The molecule has 5 rings (SSSR count). The third kappa shape index (κ3) is 3.23. The fourth-order valence-corrected chi connectivity index (χ4v) is 7.34. The Bertz CT molecular complexity index is 890. The van der Waals surface area contributed by atoms with Crippen molar-refractivity contribution in [1.29, 1.82) is 0 Å². The van der Waals surface area contributed by atoms with Crippen molar-refractivity contribution in [2.75, 3.05) is 20.7 Å². The highest BCUT2D eigenvalue weighted by Gasteiger charge is 2.73. The van der Waals surface area contributed by atoms with Crippen molar-refractivity contribution >= 4 is 42.6 Å². The Morgan fingerprint density at radius 2 is 2.16 bits per heavy atom. The molecule has 6 atom stereocenters. The molecule has 2 bridgehead atoms. The number of nitrogens with one attached hydrogen (secondary N) is 1. The van der Waals surface area contributed by atoms with Gasteiger partial charge in [-0.15, -0.1) is 37.4 Å². The summed E-state index contributed by atoms with van der Waals surface area (Å²) in [6.07, 6.45) is 5.04. The number of thiol groups is 1. The Hall–Kier alpha value is -0.700. The van der Waals surface area contributed by atoms with Gasteiger partial charge in [0.05, 0.1) is 17.1 Å². The van der Waals surface area contributed by atoms with Gasteiger partial charge in [-0.1, -0.05) is 19.4 Å². The second-order valence-electron chi connectivity index (χ2n) is 9.49. The summed E-state index contributed by atoms with van der Waals surface area (Å²) < 4.78 is 13.0. The number of piperidine rings is 1. The van der Waals surface area contributed by atoms with E-state index in [1.165, 1.54) is 5.56 Å². The van der Waals surface area contributed by atoms with Crippen LogP contribution < -0.4 is 10.1 Å². The maximum Gasteiger partial charge on any atom is 0.202 e. The molecule has 2 fully saturated rings. The lowest BCUT2D eigenvalue weighted by atomic mass is 9.48. The molecule has 2 heterocycles. The molecule has 0 unspecified atom stereocenters. The van der Waals surface area contributed by atoms with E-state index in [-0.39, 0.29) is 70.9 Å². The Labute approximate surface area is 208 Å². The van der Waals surface area contributed by atoms with E-state index in [4.69, 9.17) is 9.47 Å². The third-order valence-corrected chi connectivity index (χ3v) is 8.66. The Morgan fingerprint density at radius 1 is 1.41 bits per heavy atom. The predicted octanol–water partition coefficient (Wildman–Crippen LogP) is 3.26. The minimum atomic E-state index is -0.361. The van der Waals surface area contributed by atoms with Gasteiger partial charge in [-0.05, 0) is 57.3 Å². The number of carbonyl (C=O) groups is 1. The van der Waals surface area contributed by atoms with E-state index in [0.29, 0.717) is 5.75 Å². The van der Waals surface area contributed by atoms with Gasteiger partial charge in [0.2, 0.25) is 5.12 Å². The number of phenols is 1. The number of hydrogen-bond donors (Lipinski definition) is 3. The normalized spacial score (nSPS) is 35.1. The molecule has 9 heteroatoms. The Balaban J connectivity index is 0.00000144. The smallest absolute Gasteiger partial charge is 0.202 e. The van der Waals surface area contributed by atoms with Crippen molar-refractivity contribution in [2.45, 2.75) is 80.7 Å². The van der Waals surface area contributed by atoms with Crippen molar-refractivity contribution in [1.82, 2.24) is 10.2 Å². The van der Waals surface area contributed by atoms with Crippen LogP contribution in [0.1, 0.15) is 50.2 Å². The van der Waals surface area contributed by atoms with Gasteiger partial charge in [-0.25, -0.2) is 0 Å². The number of rotatable bonds is 6. The van der Waals surface area contributed by atoms with Crippen LogP contribution in [0.3, 0.4) is 0 Å². The molecule has 2 aliphatic carbocycles. The van der Waals surface area contributed by atoms with Crippen molar-refractivity contribution in [3.8, 4) is 11.5 Å². The molecule has 1 saturated carbocycles. The molecule has 0 radical (unpaired) electrons. The minimum Gasteiger partial charge on any atom is -0.504 e. The number of carbonyl (C=O) groups excluding carboxylic acids is 1. The second kappa shape index (κ2) is 9.16. The molecule has 2 aliphatic heterocycles. The number of aromatic hydroxyl groups is 1. The van der Waals surface area contributed by atoms with Crippen molar-refractivity contribution in [3.05, 3.63) is 23.3 Å². The van der Waals surface area contributed by atoms with Gasteiger partial charge >= 0.3 is 0 Å². The first-order chi connectivity index (χ1) is 14.4. The average molecular weight is 506 g/mol. The fraction of sp³-hybridized carbons (Fsp3) is 0.696. The molecule has 1 saturated heterocycles. The molecular formula is C23H34Cl2N2O4S. The van der Waals surface area contributed by atoms with Crippen LogP contribution in [0, 0.1) is 0 Å². The topological polar surface area (TPSA) is 71.0 Å². The lowest BCUT2D eigenvalue weighted by molar-refractivity contribution is -0.203. The van der Waals surface area contributed by atoms with E-state index in [9.17, 15) is 9.90 Å². The highest BCUT2D eigenvalue weighted by molar-refractivity contribution is 7.96. The molecule has 6 nitrogen and oxygen atoms in total. The molecule has 1 aromatic rings. The number of methoxy groups -OCH3 is 1. The average Bonchev–Trinajstić information content (AvgIpc) is 3.08. The van der Waals surface area contributed by atoms with Crippen molar-refractivity contribution in [2.24, 2.45) is 0 Å². The van der Waals surface area contributed by atoms with Gasteiger partial charge in [0.25, 0.3) is 0 Å². The van der Waals surface area contributed by atoms with E-state index in [0.717, 1.165) is 50.6 Å². The van der Waals surface area contributed by atoms with Crippen LogP contribution in [0.5, 0.6) is 11.5 Å². The van der Waals surface area contributed by atoms with Crippen molar-refractivity contribution < 1.29 is 19.4 Å². The molecular weight excluding hydrogens is 471 g/mol. The van der Waals surface area contributed by atoms with Gasteiger partial charge in [0, 0.05) is 24.8 Å². The van der Waals surface area contributed by atoms with Gasteiger partial charge in [-0.3, -0.25) is 4.79 Å². The molecule has 180 valence electrons. The van der Waals surface area contributed by atoms with E-state index in [1.807, 2.05) is 7.11 Å². The Morgan fingerprint density at radius 3 is 2.81 bits per heavy atom. The fourth-order valence-electron chi connectivity index (χ4n) is 7.14. The molecule has 2 N–H and O–H groups in total. The lowest BCUT2D eigenvalue weighted by Gasteiger charge is -2.65. The standard InChI is InChI=1S/C23H32N2O4S.2ClH/c1-4-5-15(21(27)30)24-14-8-9-23(28-3)17-12-13-6-7-16(26)19-18(13)22(23,20(14)29-19)10-11-25(17)2;;/h6-7,14-15,17,20,24,26H,4-5,8-12H2,1-3H3,(H,27,30);2*1H/t14-,15-,17+,20-,22-,23+;;/m0../s1. The van der Waals surface area contributed by atoms with Crippen molar-refractivity contribution in [3.63, 3.8) is 0 Å². The van der Waals surface area contributed by atoms with Crippen LogP contribution in [-0.2, 0) is 21.4 Å². The summed E-state index contributed by atoms with van der Waals surface area (Å²) in [5, 5.41) is 14.2.